The van der Waals surface area contributed by atoms with Gasteiger partial charge in [-0.05, 0) is 44.9 Å². The molecule has 1 aliphatic rings. The first kappa shape index (κ1) is 19.8. The van der Waals surface area contributed by atoms with Crippen molar-refractivity contribution in [3.63, 3.8) is 0 Å². The molecule has 7 nitrogen and oxygen atoms in total. The molecule has 30 heavy (non-hydrogen) atoms. The first-order valence-electron chi connectivity index (χ1n) is 10.1. The lowest BCUT2D eigenvalue weighted by atomic mass is 10.1. The zero-order chi connectivity index (χ0) is 21.1. The highest BCUT2D eigenvalue weighted by atomic mass is 16.5. The smallest absolute Gasteiger partial charge is 0.251 e. The van der Waals surface area contributed by atoms with Crippen molar-refractivity contribution in [3.8, 4) is 11.4 Å². The van der Waals surface area contributed by atoms with E-state index in [0.717, 1.165) is 24.0 Å². The minimum absolute atomic E-state index is 0.155. The number of carbonyl (C=O) groups excluding carboxylic acids is 2. The van der Waals surface area contributed by atoms with E-state index in [0.29, 0.717) is 23.8 Å². The van der Waals surface area contributed by atoms with Crippen LogP contribution in [-0.4, -0.2) is 39.4 Å². The molecule has 0 spiro atoms. The second kappa shape index (κ2) is 8.49. The van der Waals surface area contributed by atoms with E-state index >= 15 is 0 Å². The molecule has 2 atom stereocenters. The Morgan fingerprint density at radius 3 is 2.73 bits per heavy atom. The third-order valence-electron chi connectivity index (χ3n) is 5.29. The normalized spacial score (nSPS) is 17.0. The Morgan fingerprint density at radius 1 is 1.17 bits per heavy atom. The Balaban J connectivity index is 1.47. The summed E-state index contributed by atoms with van der Waals surface area (Å²) in [7, 11) is 0. The van der Waals surface area contributed by atoms with Crippen molar-refractivity contribution < 1.29 is 14.1 Å². The quantitative estimate of drug-likeness (QED) is 0.703. The van der Waals surface area contributed by atoms with Gasteiger partial charge in [0.15, 0.2) is 0 Å². The second-order valence-corrected chi connectivity index (χ2v) is 7.58. The van der Waals surface area contributed by atoms with Crippen molar-refractivity contribution in [1.29, 1.82) is 0 Å². The van der Waals surface area contributed by atoms with Gasteiger partial charge in [0.2, 0.25) is 17.6 Å². The van der Waals surface area contributed by atoms with Crippen LogP contribution >= 0.6 is 0 Å². The Hall–Kier alpha value is -3.48. The maximum Gasteiger partial charge on any atom is 0.251 e. The van der Waals surface area contributed by atoms with Crippen molar-refractivity contribution in [2.24, 2.45) is 0 Å². The highest BCUT2D eigenvalue weighted by Gasteiger charge is 2.36. The largest absolute Gasteiger partial charge is 0.341 e. The lowest BCUT2D eigenvalue weighted by Gasteiger charge is -2.25. The van der Waals surface area contributed by atoms with E-state index in [1.807, 2.05) is 37.3 Å². The number of carbonyl (C=O) groups is 2. The molecule has 4 rings (SSSR count). The van der Waals surface area contributed by atoms with E-state index in [2.05, 4.69) is 15.5 Å². The summed E-state index contributed by atoms with van der Waals surface area (Å²) in [5, 5.41) is 6.89. The summed E-state index contributed by atoms with van der Waals surface area (Å²) in [4.78, 5) is 31.7. The second-order valence-electron chi connectivity index (χ2n) is 7.58. The third-order valence-corrected chi connectivity index (χ3v) is 5.29. The minimum atomic E-state index is -0.655. The van der Waals surface area contributed by atoms with Gasteiger partial charge in [0.25, 0.3) is 5.91 Å². The molecule has 1 aliphatic heterocycles. The highest BCUT2D eigenvalue weighted by Crippen LogP contribution is 2.32. The molecule has 1 N–H and O–H groups in total. The highest BCUT2D eigenvalue weighted by molar-refractivity contribution is 5.97. The zero-order valence-corrected chi connectivity index (χ0v) is 17.0. The maximum absolute atomic E-state index is 13.0. The average molecular weight is 404 g/mol. The molecule has 1 aromatic heterocycles. The molecule has 0 bridgehead atoms. The van der Waals surface area contributed by atoms with E-state index < -0.39 is 6.04 Å². The number of aromatic nitrogens is 2. The molecule has 1 saturated heterocycles. The summed E-state index contributed by atoms with van der Waals surface area (Å²) in [6.45, 7) is 4.30. The van der Waals surface area contributed by atoms with Crippen LogP contribution in [-0.2, 0) is 4.79 Å². The lowest BCUT2D eigenvalue weighted by molar-refractivity contribution is -0.134. The minimum Gasteiger partial charge on any atom is -0.341 e. The fourth-order valence-corrected chi connectivity index (χ4v) is 3.74. The van der Waals surface area contributed by atoms with Gasteiger partial charge >= 0.3 is 0 Å². The predicted octanol–water partition coefficient (Wildman–Crippen LogP) is 3.53. The molecule has 1 fully saturated rings. The van der Waals surface area contributed by atoms with Gasteiger partial charge in [-0.15, -0.1) is 0 Å². The summed E-state index contributed by atoms with van der Waals surface area (Å²) >= 11 is 0. The van der Waals surface area contributed by atoms with Crippen molar-refractivity contribution >= 4 is 11.8 Å². The number of hydrogen-bond acceptors (Lipinski definition) is 5. The van der Waals surface area contributed by atoms with Gasteiger partial charge in [-0.3, -0.25) is 9.59 Å². The first-order chi connectivity index (χ1) is 14.5. The van der Waals surface area contributed by atoms with Crippen molar-refractivity contribution in [2.75, 3.05) is 6.54 Å². The fourth-order valence-electron chi connectivity index (χ4n) is 3.74. The molecule has 0 unspecified atom stereocenters. The molecule has 0 aliphatic carbocycles. The van der Waals surface area contributed by atoms with Gasteiger partial charge in [0, 0.05) is 17.7 Å². The lowest BCUT2D eigenvalue weighted by Crippen LogP contribution is -2.46. The Bertz CT molecular complexity index is 1050. The Labute approximate surface area is 175 Å². The summed E-state index contributed by atoms with van der Waals surface area (Å²) in [5.74, 6) is 0.515. The van der Waals surface area contributed by atoms with Crippen LogP contribution in [0.25, 0.3) is 11.4 Å². The Kier molecular flexibility index (Phi) is 5.61. The van der Waals surface area contributed by atoms with Gasteiger partial charge in [0.1, 0.15) is 12.1 Å². The molecule has 0 saturated carbocycles. The number of hydrogen-bond donors (Lipinski definition) is 1. The molecular formula is C23H24N4O3. The average Bonchev–Trinajstić information content (AvgIpc) is 3.43. The number of rotatable bonds is 5. The van der Waals surface area contributed by atoms with E-state index in [-0.39, 0.29) is 17.9 Å². The van der Waals surface area contributed by atoms with Gasteiger partial charge in [0.05, 0.1) is 0 Å². The van der Waals surface area contributed by atoms with Crippen LogP contribution in [0.4, 0.5) is 0 Å². The van der Waals surface area contributed by atoms with Gasteiger partial charge < -0.3 is 14.7 Å². The van der Waals surface area contributed by atoms with E-state index in [9.17, 15) is 9.59 Å². The van der Waals surface area contributed by atoms with Crippen LogP contribution in [0, 0.1) is 6.92 Å². The molecule has 2 aromatic carbocycles. The maximum atomic E-state index is 13.0. The number of aryl methyl sites for hydroxylation is 1. The molecule has 2 amide bonds. The Morgan fingerprint density at radius 2 is 1.97 bits per heavy atom. The topological polar surface area (TPSA) is 88.3 Å². The van der Waals surface area contributed by atoms with Crippen LogP contribution in [0.2, 0.25) is 0 Å². The molecule has 0 radical (unpaired) electrons. The van der Waals surface area contributed by atoms with Crippen LogP contribution < -0.4 is 5.32 Å². The number of nitrogens with zero attached hydrogens (tertiary/aromatic N) is 3. The van der Waals surface area contributed by atoms with Crippen molar-refractivity contribution in [3.05, 3.63) is 71.6 Å². The van der Waals surface area contributed by atoms with Crippen molar-refractivity contribution in [1.82, 2.24) is 20.4 Å². The van der Waals surface area contributed by atoms with Crippen LogP contribution in [0.3, 0.4) is 0 Å². The molecule has 154 valence electrons. The number of amides is 2. The molecular weight excluding hydrogens is 380 g/mol. The van der Waals surface area contributed by atoms with Gasteiger partial charge in [-0.2, -0.15) is 4.98 Å². The van der Waals surface area contributed by atoms with E-state index in [1.54, 1.807) is 36.1 Å². The van der Waals surface area contributed by atoms with Crippen LogP contribution in [0.1, 0.15) is 47.6 Å². The van der Waals surface area contributed by atoms with Gasteiger partial charge in [-0.25, -0.2) is 0 Å². The summed E-state index contributed by atoms with van der Waals surface area (Å²) in [6.07, 6.45) is 1.60. The van der Waals surface area contributed by atoms with Crippen LogP contribution in [0.5, 0.6) is 0 Å². The fraction of sp³-hybridized carbons (Fsp3) is 0.304. The summed E-state index contributed by atoms with van der Waals surface area (Å²) < 4.78 is 5.51. The van der Waals surface area contributed by atoms with E-state index in [4.69, 9.17) is 4.52 Å². The van der Waals surface area contributed by atoms with Gasteiger partial charge in [-0.1, -0.05) is 47.1 Å². The molecule has 3 aromatic rings. The number of likely N-dealkylation sites (tertiary alicyclic amines) is 1. The zero-order valence-electron chi connectivity index (χ0n) is 17.0. The van der Waals surface area contributed by atoms with Crippen LogP contribution in [0.15, 0.2) is 59.1 Å². The number of benzene rings is 2. The first-order valence-corrected chi connectivity index (χ1v) is 10.1. The molecule has 7 heteroatoms. The standard InChI is InChI=1S/C23H24N4O3/c1-15-8-6-11-18(14-15)20-25-22(30-26-20)19-12-7-13-27(19)23(29)16(2)24-21(28)17-9-4-3-5-10-17/h3-6,8-11,14,16,19H,7,12-13H2,1-2H3,(H,24,28)/t16-,19-/m0/s1. The number of nitrogens with one attached hydrogen (secondary N) is 1. The SMILES string of the molecule is Cc1cccc(-c2noc([C@@H]3CCCN3C(=O)[C@H](C)NC(=O)c3ccccc3)n2)c1. The summed E-state index contributed by atoms with van der Waals surface area (Å²) in [5.41, 5.74) is 2.51. The third kappa shape index (κ3) is 4.10. The monoisotopic (exact) mass is 404 g/mol. The summed E-state index contributed by atoms with van der Waals surface area (Å²) in [6, 6.07) is 15.8. The van der Waals surface area contributed by atoms with E-state index in [1.165, 1.54) is 0 Å². The molecule has 2 heterocycles. The van der Waals surface area contributed by atoms with Crippen molar-refractivity contribution in [2.45, 2.75) is 38.8 Å². The predicted molar refractivity (Wildman–Crippen MR) is 112 cm³/mol.